The van der Waals surface area contributed by atoms with Crippen LogP contribution in [0.3, 0.4) is 0 Å². The molecule has 19 heavy (non-hydrogen) atoms. The van der Waals surface area contributed by atoms with Crippen molar-refractivity contribution >= 4 is 33.2 Å². The second-order valence-corrected chi connectivity index (χ2v) is 6.30. The van der Waals surface area contributed by atoms with E-state index in [-0.39, 0.29) is 34.5 Å². The fraction of sp³-hybridized carbons (Fsp3) is 0.364. The van der Waals surface area contributed by atoms with Crippen LogP contribution in [0.2, 0.25) is 5.02 Å². The molecule has 0 aliphatic carbocycles. The lowest BCUT2D eigenvalue weighted by atomic mass is 10.3. The summed E-state index contributed by atoms with van der Waals surface area (Å²) in [6, 6.07) is 4.49. The zero-order chi connectivity index (χ0) is 14.6. The van der Waals surface area contributed by atoms with Crippen LogP contribution >= 0.6 is 11.6 Å². The Labute approximate surface area is 117 Å². The van der Waals surface area contributed by atoms with Crippen LogP contribution in [0.25, 0.3) is 0 Å². The topological polar surface area (TPSA) is 92.5 Å². The van der Waals surface area contributed by atoms with E-state index in [2.05, 4.69) is 5.32 Å². The molecule has 0 atom stereocenters. The summed E-state index contributed by atoms with van der Waals surface area (Å²) in [5.41, 5.74) is 5.74. The number of nitrogens with one attached hydrogen (secondary N) is 1. The van der Waals surface area contributed by atoms with Gasteiger partial charge in [0.2, 0.25) is 15.9 Å². The second kappa shape index (κ2) is 6.23. The molecule has 0 unspecified atom stereocenters. The zero-order valence-corrected chi connectivity index (χ0v) is 12.3. The van der Waals surface area contributed by atoms with Crippen LogP contribution in [-0.4, -0.2) is 39.3 Å². The monoisotopic (exact) mass is 305 g/mol. The Kier molecular flexibility index (Phi) is 5.16. The molecule has 0 heterocycles. The maximum atomic E-state index is 12.3. The molecule has 3 N–H and O–H groups in total. The van der Waals surface area contributed by atoms with Crippen LogP contribution in [0, 0.1) is 0 Å². The summed E-state index contributed by atoms with van der Waals surface area (Å²) in [6.07, 6.45) is 0.0661. The molecule has 0 saturated carbocycles. The average molecular weight is 306 g/mol. The molecule has 1 amide bonds. The van der Waals surface area contributed by atoms with Gasteiger partial charge in [-0.25, -0.2) is 12.7 Å². The van der Waals surface area contributed by atoms with Crippen molar-refractivity contribution in [3.05, 3.63) is 23.2 Å². The largest absolute Gasteiger partial charge is 0.398 e. The zero-order valence-electron chi connectivity index (χ0n) is 10.7. The van der Waals surface area contributed by atoms with Crippen molar-refractivity contribution in [2.75, 3.05) is 26.4 Å². The summed E-state index contributed by atoms with van der Waals surface area (Å²) >= 11 is 5.88. The van der Waals surface area contributed by atoms with E-state index in [9.17, 15) is 13.2 Å². The summed E-state index contributed by atoms with van der Waals surface area (Å²) in [5, 5.41) is 2.48. The van der Waals surface area contributed by atoms with Gasteiger partial charge in [0, 0.05) is 27.1 Å². The van der Waals surface area contributed by atoms with Gasteiger partial charge in [0.25, 0.3) is 0 Å². The highest BCUT2D eigenvalue weighted by atomic mass is 35.5. The maximum absolute atomic E-state index is 12.3. The van der Waals surface area contributed by atoms with Crippen molar-refractivity contribution in [1.29, 1.82) is 0 Å². The van der Waals surface area contributed by atoms with Crippen LogP contribution in [0.1, 0.15) is 6.42 Å². The first-order valence-electron chi connectivity index (χ1n) is 5.51. The first-order valence-corrected chi connectivity index (χ1v) is 7.33. The Hall–Kier alpha value is -1.31. The number of anilines is 1. The lowest BCUT2D eigenvalue weighted by Crippen LogP contribution is -2.32. The summed E-state index contributed by atoms with van der Waals surface area (Å²) in [4.78, 5) is 11.0. The fourth-order valence-corrected chi connectivity index (χ4v) is 3.26. The molecule has 0 fully saturated rings. The molecule has 0 aliphatic rings. The molecule has 106 valence electrons. The van der Waals surface area contributed by atoms with Crippen molar-refractivity contribution in [3.63, 3.8) is 0 Å². The number of nitrogens with two attached hydrogens (primary N) is 1. The molecule has 8 heteroatoms. The van der Waals surface area contributed by atoms with E-state index in [0.717, 1.165) is 4.31 Å². The highest BCUT2D eigenvalue weighted by molar-refractivity contribution is 7.89. The number of nitrogen functional groups attached to an aromatic ring is 1. The third-order valence-electron chi connectivity index (χ3n) is 2.60. The second-order valence-electron chi connectivity index (χ2n) is 3.91. The minimum absolute atomic E-state index is 0.0483. The van der Waals surface area contributed by atoms with Gasteiger partial charge >= 0.3 is 0 Å². The van der Waals surface area contributed by atoms with Crippen molar-refractivity contribution < 1.29 is 13.2 Å². The van der Waals surface area contributed by atoms with Crippen LogP contribution in [-0.2, 0) is 14.8 Å². The van der Waals surface area contributed by atoms with Crippen LogP contribution in [0.15, 0.2) is 23.1 Å². The number of carbonyl (C=O) groups is 1. The van der Waals surface area contributed by atoms with E-state index in [0.29, 0.717) is 0 Å². The SMILES string of the molecule is CNC(=O)CCN(C)S(=O)(=O)c1c(N)cccc1Cl. The van der Waals surface area contributed by atoms with E-state index in [1.165, 1.54) is 26.2 Å². The highest BCUT2D eigenvalue weighted by Gasteiger charge is 2.26. The van der Waals surface area contributed by atoms with Gasteiger partial charge in [0.05, 0.1) is 10.7 Å². The Balaban J connectivity index is 3.01. The number of sulfonamides is 1. The fourth-order valence-electron chi connectivity index (χ4n) is 1.46. The third kappa shape index (κ3) is 3.59. The van der Waals surface area contributed by atoms with Crippen LogP contribution in [0.4, 0.5) is 5.69 Å². The number of amides is 1. The van der Waals surface area contributed by atoms with E-state index < -0.39 is 10.0 Å². The smallest absolute Gasteiger partial charge is 0.246 e. The van der Waals surface area contributed by atoms with E-state index in [1.807, 2.05) is 0 Å². The molecule has 0 spiro atoms. The van der Waals surface area contributed by atoms with Gasteiger partial charge in [0.15, 0.2) is 0 Å². The van der Waals surface area contributed by atoms with Crippen LogP contribution < -0.4 is 11.1 Å². The average Bonchev–Trinajstić information content (AvgIpc) is 2.34. The number of hydrogen-bond acceptors (Lipinski definition) is 4. The van der Waals surface area contributed by atoms with Gasteiger partial charge < -0.3 is 11.1 Å². The number of nitrogens with zero attached hydrogens (tertiary/aromatic N) is 1. The van der Waals surface area contributed by atoms with Crippen molar-refractivity contribution in [1.82, 2.24) is 9.62 Å². The molecular formula is C11H16ClN3O3S. The summed E-state index contributed by atoms with van der Waals surface area (Å²) in [7, 11) is -0.943. The minimum atomic E-state index is -3.81. The molecular weight excluding hydrogens is 290 g/mol. The third-order valence-corrected chi connectivity index (χ3v) is 5.00. The molecule has 0 bridgehead atoms. The Morgan fingerprint density at radius 3 is 2.63 bits per heavy atom. The quantitative estimate of drug-likeness (QED) is 0.782. The lowest BCUT2D eigenvalue weighted by Gasteiger charge is -2.18. The van der Waals surface area contributed by atoms with Gasteiger partial charge in [-0.15, -0.1) is 0 Å². The summed E-state index contributed by atoms with van der Waals surface area (Å²) in [6.45, 7) is 0.0483. The number of carbonyl (C=O) groups excluding carboxylic acids is 1. The van der Waals surface area contributed by atoms with E-state index >= 15 is 0 Å². The maximum Gasteiger partial charge on any atom is 0.246 e. The Morgan fingerprint density at radius 1 is 1.47 bits per heavy atom. The Bertz CT molecular complexity index is 554. The van der Waals surface area contributed by atoms with Crippen molar-refractivity contribution in [2.24, 2.45) is 0 Å². The molecule has 0 aromatic heterocycles. The predicted molar refractivity (Wildman–Crippen MR) is 74.4 cm³/mol. The van der Waals surface area contributed by atoms with Gasteiger partial charge in [-0.3, -0.25) is 4.79 Å². The molecule has 1 aromatic carbocycles. The molecule has 0 radical (unpaired) electrons. The first kappa shape index (κ1) is 15.7. The molecule has 6 nitrogen and oxygen atoms in total. The van der Waals surface area contributed by atoms with Crippen molar-refractivity contribution in [3.8, 4) is 0 Å². The summed E-state index contributed by atoms with van der Waals surface area (Å²) in [5.74, 6) is -0.241. The van der Waals surface area contributed by atoms with Gasteiger partial charge in [-0.2, -0.15) is 0 Å². The van der Waals surface area contributed by atoms with Gasteiger partial charge in [-0.05, 0) is 12.1 Å². The van der Waals surface area contributed by atoms with Gasteiger partial charge in [-0.1, -0.05) is 17.7 Å². The number of hydrogen-bond donors (Lipinski definition) is 2. The van der Waals surface area contributed by atoms with Gasteiger partial charge in [0.1, 0.15) is 4.90 Å². The van der Waals surface area contributed by atoms with E-state index in [1.54, 1.807) is 6.07 Å². The van der Waals surface area contributed by atoms with Crippen LogP contribution in [0.5, 0.6) is 0 Å². The highest BCUT2D eigenvalue weighted by Crippen LogP contribution is 2.29. The van der Waals surface area contributed by atoms with Crippen molar-refractivity contribution in [2.45, 2.75) is 11.3 Å². The first-order chi connectivity index (χ1) is 8.80. The molecule has 0 saturated heterocycles. The molecule has 1 rings (SSSR count). The Morgan fingerprint density at radius 2 is 2.11 bits per heavy atom. The standard InChI is InChI=1S/C11H16ClN3O3S/c1-14-10(16)6-7-15(2)19(17,18)11-8(12)4-3-5-9(11)13/h3-5H,6-7,13H2,1-2H3,(H,14,16). The number of halogens is 1. The molecule has 1 aromatic rings. The molecule has 0 aliphatic heterocycles. The summed E-state index contributed by atoms with van der Waals surface area (Å²) < 4.78 is 25.7. The van der Waals surface area contributed by atoms with E-state index in [4.69, 9.17) is 17.3 Å². The minimum Gasteiger partial charge on any atom is -0.398 e. The number of benzene rings is 1. The predicted octanol–water partition coefficient (Wildman–Crippen LogP) is 0.679. The normalized spacial score (nSPS) is 11.6. The lowest BCUT2D eigenvalue weighted by molar-refractivity contribution is -0.120. The number of rotatable bonds is 5.